The highest BCUT2D eigenvalue weighted by molar-refractivity contribution is 5.97. The van der Waals surface area contributed by atoms with E-state index in [-0.39, 0.29) is 17.6 Å². The van der Waals surface area contributed by atoms with Gasteiger partial charge in [-0.2, -0.15) is 5.10 Å². The van der Waals surface area contributed by atoms with E-state index in [9.17, 15) is 9.18 Å². The van der Waals surface area contributed by atoms with Crippen molar-refractivity contribution in [1.29, 1.82) is 0 Å². The molecule has 1 aromatic heterocycles. The van der Waals surface area contributed by atoms with Gasteiger partial charge in [-0.3, -0.25) is 9.89 Å². The molecule has 0 radical (unpaired) electrons. The molecule has 1 aliphatic rings. The molecule has 1 saturated heterocycles. The molecule has 4 rings (SSSR count). The van der Waals surface area contributed by atoms with Crippen LogP contribution in [0.25, 0.3) is 11.1 Å². The summed E-state index contributed by atoms with van der Waals surface area (Å²) in [6.45, 7) is 1.09. The molecule has 1 aliphatic heterocycles. The van der Waals surface area contributed by atoms with Gasteiger partial charge in [0, 0.05) is 37.0 Å². The zero-order chi connectivity index (χ0) is 21.1. The third-order valence-electron chi connectivity index (χ3n) is 5.52. The summed E-state index contributed by atoms with van der Waals surface area (Å²) < 4.78 is 24.1. The largest absolute Gasteiger partial charge is 0.494 e. The Morgan fingerprint density at radius 3 is 2.83 bits per heavy atom. The summed E-state index contributed by atoms with van der Waals surface area (Å²) in [6.07, 6.45) is 4.91. The SMILES string of the molecule is COCc1cc(N2CCC(Cc3ccc(F)c(OC)c3)C2=O)ccc1-c1cn[nH]c1. The predicted octanol–water partition coefficient (Wildman–Crippen LogP) is 3.97. The van der Waals surface area contributed by atoms with Gasteiger partial charge in [0.2, 0.25) is 5.91 Å². The molecule has 0 aliphatic carbocycles. The summed E-state index contributed by atoms with van der Waals surface area (Å²) in [7, 11) is 3.09. The Morgan fingerprint density at radius 2 is 2.10 bits per heavy atom. The van der Waals surface area contributed by atoms with Gasteiger partial charge in [-0.25, -0.2) is 4.39 Å². The Morgan fingerprint density at radius 1 is 1.23 bits per heavy atom. The average molecular weight is 409 g/mol. The lowest BCUT2D eigenvalue weighted by atomic mass is 9.97. The molecule has 0 spiro atoms. The Hall–Kier alpha value is -3.19. The average Bonchev–Trinajstić information content (AvgIpc) is 3.40. The monoisotopic (exact) mass is 409 g/mol. The summed E-state index contributed by atoms with van der Waals surface area (Å²) in [6, 6.07) is 10.7. The molecular formula is C23H24FN3O3. The van der Waals surface area contributed by atoms with Crippen LogP contribution in [0.4, 0.5) is 10.1 Å². The minimum Gasteiger partial charge on any atom is -0.494 e. The normalized spacial score (nSPS) is 16.3. The van der Waals surface area contributed by atoms with E-state index in [0.29, 0.717) is 19.6 Å². The summed E-state index contributed by atoms with van der Waals surface area (Å²) in [5, 5.41) is 6.84. The quantitative estimate of drug-likeness (QED) is 0.641. The van der Waals surface area contributed by atoms with Crippen LogP contribution in [0.15, 0.2) is 48.8 Å². The molecule has 3 aromatic rings. The summed E-state index contributed by atoms with van der Waals surface area (Å²) in [5.74, 6) is -0.254. The lowest BCUT2D eigenvalue weighted by Gasteiger charge is -2.19. The number of ether oxygens (including phenoxy) is 2. The van der Waals surface area contributed by atoms with Gasteiger partial charge in [-0.15, -0.1) is 0 Å². The predicted molar refractivity (Wildman–Crippen MR) is 112 cm³/mol. The maximum absolute atomic E-state index is 13.7. The number of carbonyl (C=O) groups excluding carboxylic acids is 1. The van der Waals surface area contributed by atoms with Crippen LogP contribution in [0, 0.1) is 11.7 Å². The molecule has 2 aromatic carbocycles. The van der Waals surface area contributed by atoms with Gasteiger partial charge in [-0.05, 0) is 53.8 Å². The van der Waals surface area contributed by atoms with Crippen LogP contribution in [0.3, 0.4) is 0 Å². The lowest BCUT2D eigenvalue weighted by molar-refractivity contribution is -0.120. The van der Waals surface area contributed by atoms with Gasteiger partial charge >= 0.3 is 0 Å². The van der Waals surface area contributed by atoms with E-state index in [0.717, 1.165) is 34.4 Å². The first kappa shape index (κ1) is 20.1. The Labute approximate surface area is 174 Å². The Balaban J connectivity index is 1.54. The number of H-pyrrole nitrogens is 1. The topological polar surface area (TPSA) is 67.5 Å². The second-order valence-electron chi connectivity index (χ2n) is 7.41. The van der Waals surface area contributed by atoms with Crippen LogP contribution in [0.5, 0.6) is 5.75 Å². The lowest BCUT2D eigenvalue weighted by Crippen LogP contribution is -2.27. The number of rotatable bonds is 7. The molecule has 1 atom stereocenters. The Kier molecular flexibility index (Phi) is 5.81. The van der Waals surface area contributed by atoms with Crippen molar-refractivity contribution in [3.63, 3.8) is 0 Å². The first-order valence-corrected chi connectivity index (χ1v) is 9.85. The van der Waals surface area contributed by atoms with Crippen molar-refractivity contribution in [2.75, 3.05) is 25.7 Å². The highest BCUT2D eigenvalue weighted by Crippen LogP contribution is 2.33. The fourth-order valence-corrected chi connectivity index (χ4v) is 4.00. The Bertz CT molecular complexity index is 1040. The molecule has 1 amide bonds. The number of methoxy groups -OCH3 is 2. The fraction of sp³-hybridized carbons (Fsp3) is 0.304. The zero-order valence-electron chi connectivity index (χ0n) is 17.0. The molecule has 1 fully saturated rings. The van der Waals surface area contributed by atoms with Gasteiger partial charge in [0.05, 0.1) is 19.9 Å². The van der Waals surface area contributed by atoms with Gasteiger partial charge in [-0.1, -0.05) is 12.1 Å². The third-order valence-corrected chi connectivity index (χ3v) is 5.52. The molecule has 7 heteroatoms. The fourth-order valence-electron chi connectivity index (χ4n) is 4.00. The standard InChI is InChI=1S/C23H24FN3O3/c1-29-14-17-11-19(4-5-20(17)18-12-25-26-13-18)27-8-7-16(23(27)28)9-15-3-6-21(24)22(10-15)30-2/h3-6,10-13,16H,7-9,14H2,1-2H3,(H,25,26). The number of halogens is 1. The van der Waals surface area contributed by atoms with Crippen molar-refractivity contribution < 1.29 is 18.7 Å². The van der Waals surface area contributed by atoms with E-state index in [1.165, 1.54) is 13.2 Å². The van der Waals surface area contributed by atoms with E-state index in [2.05, 4.69) is 10.2 Å². The number of benzene rings is 2. The molecule has 6 nitrogen and oxygen atoms in total. The number of nitrogens with zero attached hydrogens (tertiary/aromatic N) is 2. The maximum atomic E-state index is 13.7. The second kappa shape index (κ2) is 8.67. The smallest absolute Gasteiger partial charge is 0.230 e. The van der Waals surface area contributed by atoms with E-state index >= 15 is 0 Å². The number of hydrogen-bond acceptors (Lipinski definition) is 4. The van der Waals surface area contributed by atoms with Crippen LogP contribution >= 0.6 is 0 Å². The van der Waals surface area contributed by atoms with E-state index < -0.39 is 5.82 Å². The number of amides is 1. The molecule has 30 heavy (non-hydrogen) atoms. The van der Waals surface area contributed by atoms with Crippen molar-refractivity contribution >= 4 is 11.6 Å². The molecular weight excluding hydrogens is 385 g/mol. The molecule has 2 heterocycles. The minimum absolute atomic E-state index is 0.0812. The van der Waals surface area contributed by atoms with Crippen molar-refractivity contribution in [1.82, 2.24) is 10.2 Å². The van der Waals surface area contributed by atoms with Gasteiger partial charge < -0.3 is 14.4 Å². The number of aromatic amines is 1. The number of anilines is 1. The summed E-state index contributed by atoms with van der Waals surface area (Å²) in [4.78, 5) is 14.9. The van der Waals surface area contributed by atoms with Crippen molar-refractivity contribution in [3.05, 3.63) is 65.7 Å². The first-order chi connectivity index (χ1) is 14.6. The molecule has 0 saturated carbocycles. The number of nitrogens with one attached hydrogen (secondary N) is 1. The van der Waals surface area contributed by atoms with Crippen LogP contribution in [-0.4, -0.2) is 36.9 Å². The van der Waals surface area contributed by atoms with E-state index in [4.69, 9.17) is 9.47 Å². The maximum Gasteiger partial charge on any atom is 0.230 e. The number of hydrogen-bond donors (Lipinski definition) is 1. The van der Waals surface area contributed by atoms with E-state index in [1.54, 1.807) is 25.4 Å². The third kappa shape index (κ3) is 3.93. The zero-order valence-corrected chi connectivity index (χ0v) is 17.0. The van der Waals surface area contributed by atoms with Crippen LogP contribution in [0.1, 0.15) is 17.5 Å². The molecule has 1 unspecified atom stereocenters. The highest BCUT2D eigenvalue weighted by atomic mass is 19.1. The number of carbonyl (C=O) groups is 1. The van der Waals surface area contributed by atoms with Crippen LogP contribution in [-0.2, 0) is 22.6 Å². The minimum atomic E-state index is -0.399. The first-order valence-electron chi connectivity index (χ1n) is 9.85. The second-order valence-corrected chi connectivity index (χ2v) is 7.41. The van der Waals surface area contributed by atoms with Crippen molar-refractivity contribution in [2.24, 2.45) is 5.92 Å². The van der Waals surface area contributed by atoms with Crippen molar-refractivity contribution in [2.45, 2.75) is 19.4 Å². The van der Waals surface area contributed by atoms with Gasteiger partial charge in [0.1, 0.15) is 0 Å². The molecule has 0 bridgehead atoms. The number of aromatic nitrogens is 2. The molecule has 156 valence electrons. The highest BCUT2D eigenvalue weighted by Gasteiger charge is 2.33. The summed E-state index contributed by atoms with van der Waals surface area (Å²) in [5.41, 5.74) is 4.75. The van der Waals surface area contributed by atoms with Crippen molar-refractivity contribution in [3.8, 4) is 16.9 Å². The van der Waals surface area contributed by atoms with Gasteiger partial charge in [0.25, 0.3) is 0 Å². The van der Waals surface area contributed by atoms with Crippen LogP contribution in [0.2, 0.25) is 0 Å². The molecule has 1 N–H and O–H groups in total. The summed E-state index contributed by atoms with van der Waals surface area (Å²) >= 11 is 0. The van der Waals surface area contributed by atoms with Crippen LogP contribution < -0.4 is 9.64 Å². The van der Waals surface area contributed by atoms with Gasteiger partial charge in [0.15, 0.2) is 11.6 Å². The van der Waals surface area contributed by atoms with E-state index in [1.807, 2.05) is 29.3 Å².